The van der Waals surface area contributed by atoms with Crippen LogP contribution in [0.4, 0.5) is 0 Å². The number of hydrogen-bond acceptors (Lipinski definition) is 2. The van der Waals surface area contributed by atoms with Gasteiger partial charge in [0.2, 0.25) is 0 Å². The number of rotatable bonds is 5. The van der Waals surface area contributed by atoms with Gasteiger partial charge in [0.05, 0.1) is 0 Å². The SMILES string of the molecule is Cc1ccc(C(CN)NC(C)c2ccccc2)cc1C. The molecule has 2 heteroatoms. The molecule has 0 aromatic heterocycles. The summed E-state index contributed by atoms with van der Waals surface area (Å²) in [6, 6.07) is 17.5. The first kappa shape index (κ1) is 14.8. The second-order valence-corrected chi connectivity index (χ2v) is 5.43. The molecule has 0 aliphatic carbocycles. The number of hydrogen-bond donors (Lipinski definition) is 2. The lowest BCUT2D eigenvalue weighted by molar-refractivity contribution is 0.473. The van der Waals surface area contributed by atoms with Crippen molar-refractivity contribution in [3.63, 3.8) is 0 Å². The third-order valence-electron chi connectivity index (χ3n) is 3.92. The summed E-state index contributed by atoms with van der Waals surface area (Å²) in [5.74, 6) is 0. The van der Waals surface area contributed by atoms with E-state index in [9.17, 15) is 0 Å². The highest BCUT2D eigenvalue weighted by Crippen LogP contribution is 2.21. The molecule has 20 heavy (non-hydrogen) atoms. The van der Waals surface area contributed by atoms with Crippen LogP contribution in [0.3, 0.4) is 0 Å². The predicted octanol–water partition coefficient (Wildman–Crippen LogP) is 3.65. The molecule has 0 aliphatic rings. The first-order valence-electron chi connectivity index (χ1n) is 7.20. The van der Waals surface area contributed by atoms with Crippen molar-refractivity contribution in [3.8, 4) is 0 Å². The molecule has 2 aromatic rings. The van der Waals surface area contributed by atoms with Gasteiger partial charge in [-0.15, -0.1) is 0 Å². The summed E-state index contributed by atoms with van der Waals surface area (Å²) in [5, 5.41) is 3.62. The van der Waals surface area contributed by atoms with Gasteiger partial charge in [0.15, 0.2) is 0 Å². The minimum Gasteiger partial charge on any atom is -0.329 e. The zero-order valence-electron chi connectivity index (χ0n) is 12.6. The van der Waals surface area contributed by atoms with Gasteiger partial charge in [-0.25, -0.2) is 0 Å². The second-order valence-electron chi connectivity index (χ2n) is 5.43. The first-order chi connectivity index (χ1) is 9.61. The fourth-order valence-corrected chi connectivity index (χ4v) is 2.42. The normalized spacial score (nSPS) is 14.0. The highest BCUT2D eigenvalue weighted by Gasteiger charge is 2.14. The zero-order chi connectivity index (χ0) is 14.5. The smallest absolute Gasteiger partial charge is 0.0449 e. The lowest BCUT2D eigenvalue weighted by Crippen LogP contribution is -2.30. The molecule has 0 radical (unpaired) electrons. The summed E-state index contributed by atoms with van der Waals surface area (Å²) < 4.78 is 0. The van der Waals surface area contributed by atoms with Gasteiger partial charge in [-0.1, -0.05) is 48.5 Å². The molecule has 2 atom stereocenters. The molecular weight excluding hydrogens is 244 g/mol. The monoisotopic (exact) mass is 268 g/mol. The molecule has 2 rings (SSSR count). The zero-order valence-corrected chi connectivity index (χ0v) is 12.6. The summed E-state index contributed by atoms with van der Waals surface area (Å²) in [4.78, 5) is 0. The van der Waals surface area contributed by atoms with Gasteiger partial charge < -0.3 is 11.1 Å². The van der Waals surface area contributed by atoms with Crippen molar-refractivity contribution in [2.24, 2.45) is 5.73 Å². The summed E-state index contributed by atoms with van der Waals surface area (Å²) in [7, 11) is 0. The Morgan fingerprint density at radius 1 is 0.950 bits per heavy atom. The molecule has 2 nitrogen and oxygen atoms in total. The van der Waals surface area contributed by atoms with E-state index in [2.05, 4.69) is 68.6 Å². The van der Waals surface area contributed by atoms with E-state index in [-0.39, 0.29) is 12.1 Å². The largest absolute Gasteiger partial charge is 0.329 e. The minimum atomic E-state index is 0.185. The Morgan fingerprint density at radius 3 is 2.25 bits per heavy atom. The van der Waals surface area contributed by atoms with Gasteiger partial charge in [0.1, 0.15) is 0 Å². The molecule has 0 bridgehead atoms. The highest BCUT2D eigenvalue weighted by atomic mass is 15.0. The molecule has 0 heterocycles. The van der Waals surface area contributed by atoms with Crippen molar-refractivity contribution in [2.45, 2.75) is 32.9 Å². The van der Waals surface area contributed by atoms with E-state index in [1.54, 1.807) is 0 Å². The second kappa shape index (κ2) is 6.69. The number of nitrogens with one attached hydrogen (secondary N) is 1. The molecular formula is C18H24N2. The van der Waals surface area contributed by atoms with Crippen molar-refractivity contribution in [1.82, 2.24) is 5.32 Å². The standard InChI is InChI=1S/C18H24N2/c1-13-9-10-17(11-14(13)2)18(12-19)20-15(3)16-7-5-4-6-8-16/h4-11,15,18,20H,12,19H2,1-3H3. The third-order valence-corrected chi connectivity index (χ3v) is 3.92. The molecule has 0 saturated heterocycles. The molecule has 0 aliphatic heterocycles. The van der Waals surface area contributed by atoms with E-state index in [1.165, 1.54) is 22.3 Å². The van der Waals surface area contributed by atoms with Crippen LogP contribution in [0.1, 0.15) is 41.3 Å². The van der Waals surface area contributed by atoms with Crippen LogP contribution in [0.5, 0.6) is 0 Å². The number of aryl methyl sites for hydroxylation is 2. The van der Waals surface area contributed by atoms with Crippen LogP contribution in [0.15, 0.2) is 48.5 Å². The predicted molar refractivity (Wildman–Crippen MR) is 85.7 cm³/mol. The Labute approximate surface area is 122 Å². The first-order valence-corrected chi connectivity index (χ1v) is 7.20. The van der Waals surface area contributed by atoms with Crippen LogP contribution in [0.25, 0.3) is 0 Å². The van der Waals surface area contributed by atoms with Gasteiger partial charge in [0, 0.05) is 18.6 Å². The Bertz CT molecular complexity index is 549. The van der Waals surface area contributed by atoms with Gasteiger partial charge >= 0.3 is 0 Å². The van der Waals surface area contributed by atoms with E-state index in [0.717, 1.165) is 0 Å². The summed E-state index contributed by atoms with van der Waals surface area (Å²) in [6.45, 7) is 7.06. The minimum absolute atomic E-state index is 0.185. The van der Waals surface area contributed by atoms with Crippen molar-refractivity contribution >= 4 is 0 Å². The lowest BCUT2D eigenvalue weighted by Gasteiger charge is -2.23. The molecule has 0 spiro atoms. The van der Waals surface area contributed by atoms with Crippen LogP contribution >= 0.6 is 0 Å². The summed E-state index contributed by atoms with van der Waals surface area (Å²) >= 11 is 0. The van der Waals surface area contributed by atoms with Crippen molar-refractivity contribution in [1.29, 1.82) is 0 Å². The van der Waals surface area contributed by atoms with E-state index < -0.39 is 0 Å². The Kier molecular flexibility index (Phi) is 4.94. The van der Waals surface area contributed by atoms with Crippen molar-refractivity contribution in [3.05, 3.63) is 70.8 Å². The quantitative estimate of drug-likeness (QED) is 0.868. The van der Waals surface area contributed by atoms with Crippen LogP contribution in [-0.2, 0) is 0 Å². The molecule has 2 unspecified atom stereocenters. The molecule has 0 fully saturated rings. The van der Waals surface area contributed by atoms with E-state index in [0.29, 0.717) is 6.54 Å². The topological polar surface area (TPSA) is 38.0 Å². The van der Waals surface area contributed by atoms with Gasteiger partial charge in [-0.3, -0.25) is 0 Å². The van der Waals surface area contributed by atoms with Crippen LogP contribution in [0, 0.1) is 13.8 Å². The summed E-state index contributed by atoms with van der Waals surface area (Å²) in [5.41, 5.74) is 11.1. The van der Waals surface area contributed by atoms with Crippen LogP contribution < -0.4 is 11.1 Å². The molecule has 3 N–H and O–H groups in total. The maximum Gasteiger partial charge on any atom is 0.0449 e. The fraction of sp³-hybridized carbons (Fsp3) is 0.333. The lowest BCUT2D eigenvalue weighted by atomic mass is 9.99. The average Bonchev–Trinajstić information content (AvgIpc) is 2.48. The maximum absolute atomic E-state index is 5.96. The Hall–Kier alpha value is -1.64. The maximum atomic E-state index is 5.96. The molecule has 0 amide bonds. The van der Waals surface area contributed by atoms with Crippen molar-refractivity contribution in [2.75, 3.05) is 6.54 Å². The van der Waals surface area contributed by atoms with Gasteiger partial charge in [0.25, 0.3) is 0 Å². The Balaban J connectivity index is 2.14. The molecule has 2 aromatic carbocycles. The molecule has 0 saturated carbocycles. The van der Waals surface area contributed by atoms with Crippen molar-refractivity contribution < 1.29 is 0 Å². The van der Waals surface area contributed by atoms with E-state index in [1.807, 2.05) is 6.07 Å². The highest BCUT2D eigenvalue weighted by molar-refractivity contribution is 5.32. The average molecular weight is 268 g/mol. The van der Waals surface area contributed by atoms with Gasteiger partial charge in [-0.2, -0.15) is 0 Å². The van der Waals surface area contributed by atoms with Crippen LogP contribution in [0.2, 0.25) is 0 Å². The fourth-order valence-electron chi connectivity index (χ4n) is 2.42. The summed E-state index contributed by atoms with van der Waals surface area (Å²) in [6.07, 6.45) is 0. The number of benzene rings is 2. The number of nitrogens with two attached hydrogens (primary N) is 1. The van der Waals surface area contributed by atoms with E-state index in [4.69, 9.17) is 5.73 Å². The molecule has 106 valence electrons. The Morgan fingerprint density at radius 2 is 1.65 bits per heavy atom. The van der Waals surface area contributed by atoms with Crippen LogP contribution in [-0.4, -0.2) is 6.54 Å². The van der Waals surface area contributed by atoms with Gasteiger partial charge in [-0.05, 0) is 43.0 Å². The van der Waals surface area contributed by atoms with E-state index >= 15 is 0 Å². The third kappa shape index (κ3) is 3.47.